The molecule has 0 atom stereocenters. The van der Waals surface area contributed by atoms with Gasteiger partial charge in [0.1, 0.15) is 0 Å². The van der Waals surface area contributed by atoms with Gasteiger partial charge >= 0.3 is 0 Å². The molecule has 0 aliphatic carbocycles. The number of rotatable bonds is 4. The molecule has 0 amide bonds. The minimum Gasteiger partial charge on any atom is -0.361 e. The third kappa shape index (κ3) is 2.45. The van der Waals surface area contributed by atoms with E-state index >= 15 is 0 Å². The van der Waals surface area contributed by atoms with Crippen molar-refractivity contribution in [1.29, 1.82) is 0 Å². The highest BCUT2D eigenvalue weighted by molar-refractivity contribution is 5.83. The molecule has 2 rings (SSSR count). The first-order valence-corrected chi connectivity index (χ1v) is 5.88. The summed E-state index contributed by atoms with van der Waals surface area (Å²) >= 11 is 0. The van der Waals surface area contributed by atoms with Crippen molar-refractivity contribution in [1.82, 2.24) is 9.88 Å². The van der Waals surface area contributed by atoms with Crippen molar-refractivity contribution < 1.29 is 0 Å². The molecule has 1 aromatic carbocycles. The molecule has 16 heavy (non-hydrogen) atoms. The lowest BCUT2D eigenvalue weighted by Gasteiger charge is -2.08. The minimum absolute atomic E-state index is 1.15. The van der Waals surface area contributed by atoms with E-state index < -0.39 is 0 Å². The van der Waals surface area contributed by atoms with Crippen LogP contribution in [-0.2, 0) is 6.42 Å². The zero-order chi connectivity index (χ0) is 11.5. The van der Waals surface area contributed by atoms with Crippen LogP contribution >= 0.6 is 0 Å². The van der Waals surface area contributed by atoms with Crippen LogP contribution in [0.4, 0.5) is 0 Å². The number of aromatic amines is 1. The fourth-order valence-corrected chi connectivity index (χ4v) is 2.09. The van der Waals surface area contributed by atoms with Crippen LogP contribution in [0.2, 0.25) is 0 Å². The number of hydrogen-bond acceptors (Lipinski definition) is 1. The Bertz CT molecular complexity index is 469. The molecule has 86 valence electrons. The van der Waals surface area contributed by atoms with Gasteiger partial charge in [-0.15, -0.1) is 0 Å². The molecule has 2 nitrogen and oxygen atoms in total. The Kier molecular flexibility index (Phi) is 3.30. The lowest BCUT2D eigenvalue weighted by molar-refractivity contribution is 0.400. The highest BCUT2D eigenvalue weighted by atomic mass is 15.0. The molecule has 0 bridgehead atoms. The van der Waals surface area contributed by atoms with Crippen molar-refractivity contribution in [3.63, 3.8) is 0 Å². The second-order valence-electron chi connectivity index (χ2n) is 4.77. The van der Waals surface area contributed by atoms with Crippen LogP contribution in [0, 0.1) is 6.92 Å². The van der Waals surface area contributed by atoms with E-state index in [0.29, 0.717) is 0 Å². The van der Waals surface area contributed by atoms with Gasteiger partial charge in [0.2, 0.25) is 0 Å². The molecule has 0 saturated carbocycles. The third-order valence-electron chi connectivity index (χ3n) is 2.97. The molecule has 1 N–H and O–H groups in total. The Hall–Kier alpha value is -1.28. The number of benzene rings is 1. The van der Waals surface area contributed by atoms with Gasteiger partial charge in [0, 0.05) is 17.1 Å². The standard InChI is InChI=1S/C14H20N2/c1-11-6-7-13-12(5-4-8-16(2)3)10-15-14(13)9-11/h6-7,9-10,15H,4-5,8H2,1-3H3. The number of aromatic nitrogens is 1. The highest BCUT2D eigenvalue weighted by Gasteiger charge is 2.03. The molecule has 1 heterocycles. The molecule has 2 heteroatoms. The summed E-state index contributed by atoms with van der Waals surface area (Å²) in [4.78, 5) is 5.59. The Morgan fingerprint density at radius 2 is 2.06 bits per heavy atom. The van der Waals surface area contributed by atoms with Gasteiger partial charge in [-0.3, -0.25) is 0 Å². The average Bonchev–Trinajstić information content (AvgIpc) is 2.60. The van der Waals surface area contributed by atoms with Crippen molar-refractivity contribution in [2.24, 2.45) is 0 Å². The molecule has 2 aromatic rings. The van der Waals surface area contributed by atoms with E-state index in [1.807, 2.05) is 0 Å². The quantitative estimate of drug-likeness (QED) is 0.832. The maximum absolute atomic E-state index is 3.35. The van der Waals surface area contributed by atoms with Gasteiger partial charge in [0.05, 0.1) is 0 Å². The van der Waals surface area contributed by atoms with Gasteiger partial charge in [0.15, 0.2) is 0 Å². The summed E-state index contributed by atoms with van der Waals surface area (Å²) in [6, 6.07) is 6.63. The molecule has 0 aliphatic rings. The Morgan fingerprint density at radius 1 is 1.25 bits per heavy atom. The highest BCUT2D eigenvalue weighted by Crippen LogP contribution is 2.20. The zero-order valence-corrected chi connectivity index (χ0v) is 10.4. The van der Waals surface area contributed by atoms with E-state index in [1.165, 1.54) is 28.5 Å². The van der Waals surface area contributed by atoms with E-state index in [9.17, 15) is 0 Å². The fraction of sp³-hybridized carbons (Fsp3) is 0.429. The summed E-state index contributed by atoms with van der Waals surface area (Å²) in [6.45, 7) is 3.28. The predicted octanol–water partition coefficient (Wildman–Crippen LogP) is 2.97. The number of nitrogens with one attached hydrogen (secondary N) is 1. The first-order valence-electron chi connectivity index (χ1n) is 5.88. The molecule has 0 fully saturated rings. The first kappa shape index (κ1) is 11.2. The lowest BCUT2D eigenvalue weighted by Crippen LogP contribution is -2.13. The van der Waals surface area contributed by atoms with Crippen molar-refractivity contribution in [3.8, 4) is 0 Å². The van der Waals surface area contributed by atoms with Gasteiger partial charge in [-0.05, 0) is 57.6 Å². The number of hydrogen-bond donors (Lipinski definition) is 1. The smallest absolute Gasteiger partial charge is 0.0459 e. The van der Waals surface area contributed by atoms with Gasteiger partial charge in [-0.1, -0.05) is 12.1 Å². The van der Waals surface area contributed by atoms with Crippen LogP contribution in [0.1, 0.15) is 17.5 Å². The van der Waals surface area contributed by atoms with E-state index in [0.717, 1.165) is 13.0 Å². The largest absolute Gasteiger partial charge is 0.361 e. The Morgan fingerprint density at radius 3 is 2.81 bits per heavy atom. The van der Waals surface area contributed by atoms with Crippen molar-refractivity contribution >= 4 is 10.9 Å². The third-order valence-corrected chi connectivity index (χ3v) is 2.97. The Labute approximate surface area is 97.3 Å². The normalized spacial score (nSPS) is 11.5. The van der Waals surface area contributed by atoms with Crippen molar-refractivity contribution in [2.75, 3.05) is 20.6 Å². The summed E-state index contributed by atoms with van der Waals surface area (Å²) in [5.74, 6) is 0. The lowest BCUT2D eigenvalue weighted by atomic mass is 10.1. The van der Waals surface area contributed by atoms with Crippen LogP contribution in [0.25, 0.3) is 10.9 Å². The molecule has 1 aromatic heterocycles. The van der Waals surface area contributed by atoms with Gasteiger partial charge in [0.25, 0.3) is 0 Å². The number of fused-ring (bicyclic) bond motifs is 1. The number of aryl methyl sites for hydroxylation is 2. The van der Waals surface area contributed by atoms with E-state index in [2.05, 4.69) is 55.3 Å². The van der Waals surface area contributed by atoms with E-state index in [4.69, 9.17) is 0 Å². The summed E-state index contributed by atoms with van der Waals surface area (Å²) < 4.78 is 0. The van der Waals surface area contributed by atoms with Gasteiger partial charge < -0.3 is 9.88 Å². The molecule has 0 unspecified atom stereocenters. The molecular weight excluding hydrogens is 196 g/mol. The second-order valence-corrected chi connectivity index (χ2v) is 4.77. The summed E-state index contributed by atoms with van der Waals surface area (Å²) in [5, 5.41) is 1.38. The van der Waals surface area contributed by atoms with E-state index in [-0.39, 0.29) is 0 Å². The van der Waals surface area contributed by atoms with Crippen LogP contribution in [0.5, 0.6) is 0 Å². The van der Waals surface area contributed by atoms with Gasteiger partial charge in [-0.2, -0.15) is 0 Å². The van der Waals surface area contributed by atoms with Crippen molar-refractivity contribution in [2.45, 2.75) is 19.8 Å². The number of H-pyrrole nitrogens is 1. The van der Waals surface area contributed by atoms with Gasteiger partial charge in [-0.25, -0.2) is 0 Å². The Balaban J connectivity index is 2.13. The molecular formula is C14H20N2. The molecule has 0 radical (unpaired) electrons. The van der Waals surface area contributed by atoms with E-state index in [1.54, 1.807) is 0 Å². The monoisotopic (exact) mass is 216 g/mol. The summed E-state index contributed by atoms with van der Waals surface area (Å²) in [6.07, 6.45) is 4.52. The second kappa shape index (κ2) is 4.71. The first-order chi connectivity index (χ1) is 7.66. The molecule has 0 saturated heterocycles. The summed E-state index contributed by atoms with van der Waals surface area (Å²) in [7, 11) is 4.25. The molecule has 0 aliphatic heterocycles. The topological polar surface area (TPSA) is 19.0 Å². The maximum atomic E-state index is 3.35. The fourth-order valence-electron chi connectivity index (χ4n) is 2.09. The van der Waals surface area contributed by atoms with Crippen LogP contribution in [0.3, 0.4) is 0 Å². The van der Waals surface area contributed by atoms with Crippen LogP contribution < -0.4 is 0 Å². The number of nitrogens with zero attached hydrogens (tertiary/aromatic N) is 1. The minimum atomic E-state index is 1.15. The average molecular weight is 216 g/mol. The zero-order valence-electron chi connectivity index (χ0n) is 10.4. The summed E-state index contributed by atoms with van der Waals surface area (Å²) in [5.41, 5.74) is 4.02. The maximum Gasteiger partial charge on any atom is 0.0459 e. The predicted molar refractivity (Wildman–Crippen MR) is 69.9 cm³/mol. The van der Waals surface area contributed by atoms with Crippen molar-refractivity contribution in [3.05, 3.63) is 35.5 Å². The molecule has 0 spiro atoms. The SMILES string of the molecule is Cc1ccc2c(CCCN(C)C)c[nH]c2c1. The van der Waals surface area contributed by atoms with Crippen LogP contribution in [-0.4, -0.2) is 30.5 Å². The van der Waals surface area contributed by atoms with Crippen LogP contribution in [0.15, 0.2) is 24.4 Å².